The van der Waals surface area contributed by atoms with Crippen molar-refractivity contribution >= 4 is 68.7 Å². The van der Waals surface area contributed by atoms with Gasteiger partial charge < -0.3 is 14.8 Å². The number of carbonyl (C=O) groups excluding carboxylic acids is 2. The fraction of sp³-hybridized carbons (Fsp3) is 0.318. The van der Waals surface area contributed by atoms with Gasteiger partial charge in [0.1, 0.15) is 11.0 Å². The van der Waals surface area contributed by atoms with Gasteiger partial charge in [0, 0.05) is 60.1 Å². The third-order valence-corrected chi connectivity index (χ3v) is 12.8. The first-order valence-electron chi connectivity index (χ1n) is 20.3. The number of anilines is 1. The Kier molecular flexibility index (Phi) is 16.2. The number of aliphatic imine (C=N–C) groups is 1. The van der Waals surface area contributed by atoms with Gasteiger partial charge in [-0.25, -0.2) is 33.1 Å². The maximum atomic E-state index is 12.8. The summed E-state index contributed by atoms with van der Waals surface area (Å²) in [5, 5.41) is 17.2. The van der Waals surface area contributed by atoms with Gasteiger partial charge in [0.2, 0.25) is 17.8 Å². The number of nitrogens with two attached hydrogens (primary N) is 1. The first-order chi connectivity index (χ1) is 30.7. The highest BCUT2D eigenvalue weighted by molar-refractivity contribution is 7.83. The summed E-state index contributed by atoms with van der Waals surface area (Å²) in [6, 6.07) is 15.3. The number of halogens is 2. The molecule has 0 fully saturated rings. The molecular formula is C44H48Cl2N10O6S2. The minimum absolute atomic E-state index is 0.0545. The Morgan fingerprint density at radius 2 is 1.30 bits per heavy atom. The number of methoxy groups -OCH3 is 2. The fourth-order valence-electron chi connectivity index (χ4n) is 7.25. The highest BCUT2D eigenvalue weighted by atomic mass is 35.5. The van der Waals surface area contributed by atoms with E-state index in [4.69, 9.17) is 37.8 Å². The molecule has 0 radical (unpaired) electrons. The molecule has 4 aromatic heterocycles. The van der Waals surface area contributed by atoms with E-state index in [2.05, 4.69) is 47.3 Å². The number of fused-ring (bicyclic) bond motifs is 2. The van der Waals surface area contributed by atoms with E-state index in [0.29, 0.717) is 22.5 Å². The average Bonchev–Trinajstić information content (AvgIpc) is 4.11. The molecular weight excluding hydrogens is 900 g/mol. The SMILES string of the molecule is CC(C)n1cc(Cl)c(S(N)=O)n1.COc1cc(-c2ccc3c(c2N=C=O)CCC3)ccn1.COc1cc(-c2ccc3c(c2NC(=O)NS(=O)c2nn(C(C)C)cc2Cl)CCC3)ccn1. The van der Waals surface area contributed by atoms with Crippen LogP contribution in [0.4, 0.5) is 16.2 Å². The Morgan fingerprint density at radius 3 is 1.81 bits per heavy atom. The zero-order chi connectivity index (χ0) is 46.1. The Morgan fingerprint density at radius 1 is 0.781 bits per heavy atom. The molecule has 64 heavy (non-hydrogen) atoms. The zero-order valence-corrected chi connectivity index (χ0v) is 39.2. The molecule has 2 unspecified atom stereocenters. The molecule has 0 saturated carbocycles. The van der Waals surface area contributed by atoms with E-state index in [9.17, 15) is 18.0 Å². The van der Waals surface area contributed by atoms with E-state index < -0.39 is 28.0 Å². The maximum Gasteiger partial charge on any atom is 0.331 e. The highest BCUT2D eigenvalue weighted by Gasteiger charge is 2.24. The second-order valence-electron chi connectivity index (χ2n) is 15.1. The minimum atomic E-state index is -1.90. The summed E-state index contributed by atoms with van der Waals surface area (Å²) in [6.07, 6.45) is 14.2. The number of benzene rings is 2. The first kappa shape index (κ1) is 47.7. The van der Waals surface area contributed by atoms with Crippen molar-refractivity contribution in [3.05, 3.63) is 106 Å². The smallest absolute Gasteiger partial charge is 0.331 e. The fourth-order valence-corrected chi connectivity index (χ4v) is 9.10. The van der Waals surface area contributed by atoms with Gasteiger partial charge in [-0.05, 0) is 112 Å². The molecule has 2 atom stereocenters. The first-order valence-corrected chi connectivity index (χ1v) is 23.4. The molecule has 0 saturated heterocycles. The molecule has 4 N–H and O–H groups in total. The Balaban J connectivity index is 0.000000180. The Bertz CT molecular complexity index is 2750. The van der Waals surface area contributed by atoms with E-state index in [1.807, 2.05) is 64.1 Å². The molecule has 6 aromatic rings. The van der Waals surface area contributed by atoms with Crippen LogP contribution in [0, 0.1) is 0 Å². The lowest BCUT2D eigenvalue weighted by molar-refractivity contribution is 0.257. The normalized spacial score (nSPS) is 13.4. The lowest BCUT2D eigenvalue weighted by Gasteiger charge is -2.16. The van der Waals surface area contributed by atoms with Crippen molar-refractivity contribution in [1.29, 1.82) is 0 Å². The molecule has 2 aliphatic rings. The standard InChI is InChI=1S/C22H24ClN5O3S.C16H14N2O2.C6H10ClN3OS/c1-13(2)28-12-18(23)21(26-28)32(30)27-22(29)25-20-16-6-4-5-14(16)7-8-17(20)15-9-10-24-19(11-15)31-3;1-20-15-9-12(7-8-17-15)14-6-5-11-3-2-4-13(11)16(14)18-10-19;1-4(2)10-3-5(7)6(9-10)12(8)11/h7-13H,4-6H2,1-3H3,(H2,25,27,29);5-9H,2-4H2,1H3;3-4H,8H2,1-2H3. The van der Waals surface area contributed by atoms with Crippen LogP contribution in [0.1, 0.15) is 74.9 Å². The number of hydrogen-bond donors (Lipinski definition) is 3. The van der Waals surface area contributed by atoms with Crippen molar-refractivity contribution in [2.24, 2.45) is 10.1 Å². The van der Waals surface area contributed by atoms with Gasteiger partial charge in [0.15, 0.2) is 21.0 Å². The van der Waals surface area contributed by atoms with Crippen molar-refractivity contribution in [3.8, 4) is 34.0 Å². The second kappa shape index (κ2) is 21.8. The van der Waals surface area contributed by atoms with Crippen molar-refractivity contribution in [1.82, 2.24) is 34.3 Å². The lowest BCUT2D eigenvalue weighted by Crippen LogP contribution is -2.31. The van der Waals surface area contributed by atoms with Crippen LogP contribution in [0.15, 0.2) is 88.4 Å². The van der Waals surface area contributed by atoms with Crippen molar-refractivity contribution < 1.29 is 27.5 Å². The monoisotopic (exact) mass is 946 g/mol. The molecule has 336 valence electrons. The van der Waals surface area contributed by atoms with E-state index in [1.165, 1.54) is 16.7 Å². The molecule has 2 aromatic carbocycles. The van der Waals surface area contributed by atoms with Crippen molar-refractivity contribution in [3.63, 3.8) is 0 Å². The summed E-state index contributed by atoms with van der Waals surface area (Å²) in [5.74, 6) is 1.03. The number of ether oxygens (including phenoxy) is 2. The van der Waals surface area contributed by atoms with Crippen LogP contribution in [0.3, 0.4) is 0 Å². The van der Waals surface area contributed by atoms with Gasteiger partial charge in [0.05, 0.1) is 35.6 Å². The molecule has 2 amide bonds. The van der Waals surface area contributed by atoms with Crippen molar-refractivity contribution in [2.75, 3.05) is 19.5 Å². The molecule has 4 heterocycles. The van der Waals surface area contributed by atoms with E-state index in [-0.39, 0.29) is 27.2 Å². The number of nitrogens with one attached hydrogen (secondary N) is 2. The number of nitrogens with zero attached hydrogens (tertiary/aromatic N) is 7. The Hall–Kier alpha value is -5.75. The topological polar surface area (TPSA) is 211 Å². The molecule has 16 nitrogen and oxygen atoms in total. The summed E-state index contributed by atoms with van der Waals surface area (Å²) in [7, 11) is -0.364. The van der Waals surface area contributed by atoms with Crippen molar-refractivity contribution in [2.45, 2.75) is 88.4 Å². The molecule has 0 aliphatic heterocycles. The Labute approximate surface area is 386 Å². The number of aromatic nitrogens is 6. The number of aryl methyl sites for hydroxylation is 2. The van der Waals surface area contributed by atoms with Gasteiger partial charge in [-0.15, -0.1) is 0 Å². The minimum Gasteiger partial charge on any atom is -0.481 e. The summed E-state index contributed by atoms with van der Waals surface area (Å²) >= 11 is 11.9. The van der Waals surface area contributed by atoms with E-state index in [0.717, 1.165) is 72.0 Å². The quantitative estimate of drug-likeness (QED) is 0.0830. The number of pyridine rings is 2. The lowest BCUT2D eigenvalue weighted by atomic mass is 9.98. The maximum absolute atomic E-state index is 12.8. The molecule has 20 heteroatoms. The number of carbonyl (C=O) groups is 1. The van der Waals surface area contributed by atoms with Gasteiger partial charge in [-0.2, -0.15) is 15.2 Å². The zero-order valence-electron chi connectivity index (χ0n) is 36.1. The van der Waals surface area contributed by atoms with E-state index in [1.54, 1.807) is 54.5 Å². The summed E-state index contributed by atoms with van der Waals surface area (Å²) in [5.41, 5.74) is 9.74. The van der Waals surface area contributed by atoms with Crippen LogP contribution in [0.2, 0.25) is 10.0 Å². The molecule has 2 aliphatic carbocycles. The molecule has 0 bridgehead atoms. The van der Waals surface area contributed by atoms with Gasteiger partial charge in [0.25, 0.3) is 0 Å². The number of hydrogen-bond acceptors (Lipinski definition) is 11. The third-order valence-electron chi connectivity index (χ3n) is 10.4. The number of urea groups is 1. The number of rotatable bonds is 11. The van der Waals surface area contributed by atoms with Crippen LogP contribution >= 0.6 is 23.2 Å². The average molecular weight is 948 g/mol. The number of isocyanates is 1. The van der Waals surface area contributed by atoms with Gasteiger partial charge in [-0.3, -0.25) is 14.1 Å². The largest absolute Gasteiger partial charge is 0.481 e. The summed E-state index contributed by atoms with van der Waals surface area (Å²) in [4.78, 5) is 35.8. The highest BCUT2D eigenvalue weighted by Crippen LogP contribution is 2.40. The van der Waals surface area contributed by atoms with Crippen LogP contribution in [-0.4, -0.2) is 64.3 Å². The van der Waals surface area contributed by atoms with Crippen LogP contribution in [-0.2, 0) is 52.4 Å². The van der Waals surface area contributed by atoms with Crippen LogP contribution in [0.25, 0.3) is 22.3 Å². The predicted octanol–water partition coefficient (Wildman–Crippen LogP) is 8.83. The third kappa shape index (κ3) is 11.3. The van der Waals surface area contributed by atoms with E-state index >= 15 is 0 Å². The number of amides is 2. The second-order valence-corrected chi connectivity index (χ2v) is 18.1. The van der Waals surface area contributed by atoms with Gasteiger partial charge >= 0.3 is 6.03 Å². The molecule has 8 rings (SSSR count). The van der Waals surface area contributed by atoms with Crippen LogP contribution in [0.5, 0.6) is 11.8 Å². The van der Waals surface area contributed by atoms with Crippen LogP contribution < -0.4 is 24.7 Å². The summed E-state index contributed by atoms with van der Waals surface area (Å²) < 4.78 is 39.6. The molecule has 0 spiro atoms. The summed E-state index contributed by atoms with van der Waals surface area (Å²) in [6.45, 7) is 7.77. The predicted molar refractivity (Wildman–Crippen MR) is 249 cm³/mol. The van der Waals surface area contributed by atoms with Gasteiger partial charge in [-0.1, -0.05) is 47.5 Å².